The number of esters is 1. The molecule has 10 heteroatoms. The van der Waals surface area contributed by atoms with Crippen LogP contribution in [0.15, 0.2) is 48.5 Å². The minimum absolute atomic E-state index is 0.115. The molecule has 1 atom stereocenters. The summed E-state index contributed by atoms with van der Waals surface area (Å²) in [6, 6.07) is 10.1. The molecule has 0 aliphatic rings. The fraction of sp³-hybridized carbons (Fsp3) is 0.286. The van der Waals surface area contributed by atoms with Crippen LogP contribution in [0.25, 0.3) is 0 Å². The van der Waals surface area contributed by atoms with Crippen molar-refractivity contribution in [3.8, 4) is 5.75 Å². The Bertz CT molecular complexity index is 912. The molecule has 0 bridgehead atoms. The quantitative estimate of drug-likeness (QED) is 0.617. The molecule has 0 saturated heterocycles. The Morgan fingerprint density at radius 3 is 2.16 bits per heavy atom. The van der Waals surface area contributed by atoms with E-state index in [9.17, 15) is 27.6 Å². The molecule has 0 aromatic heterocycles. The Hall–Kier alpha value is -3.56. The molecule has 0 aliphatic heterocycles. The summed E-state index contributed by atoms with van der Waals surface area (Å²) >= 11 is 0. The summed E-state index contributed by atoms with van der Waals surface area (Å²) in [5.74, 6) is -1.49. The van der Waals surface area contributed by atoms with E-state index in [4.69, 9.17) is 9.47 Å². The van der Waals surface area contributed by atoms with E-state index in [0.29, 0.717) is 17.9 Å². The fourth-order valence-corrected chi connectivity index (χ4v) is 2.40. The van der Waals surface area contributed by atoms with Gasteiger partial charge >= 0.3 is 12.1 Å². The predicted octanol–water partition coefficient (Wildman–Crippen LogP) is 3.40. The Kier molecular flexibility index (Phi) is 8.00. The molecule has 2 N–H and O–H groups in total. The SMILES string of the molecule is CCOc1ccc(C(=O)NCC(=O)O[C@H](C)C(=O)Nc2ccc(C(F)(F)F)cc2)cc1. The Balaban J connectivity index is 1.80. The molecule has 0 heterocycles. The maximum Gasteiger partial charge on any atom is 0.416 e. The smallest absolute Gasteiger partial charge is 0.416 e. The number of hydrogen-bond donors (Lipinski definition) is 2. The number of amides is 2. The average Bonchev–Trinajstić information content (AvgIpc) is 2.72. The van der Waals surface area contributed by atoms with Gasteiger partial charge in [-0.2, -0.15) is 13.2 Å². The number of nitrogens with one attached hydrogen (secondary N) is 2. The number of anilines is 1. The Morgan fingerprint density at radius 1 is 1.00 bits per heavy atom. The maximum absolute atomic E-state index is 12.6. The van der Waals surface area contributed by atoms with Gasteiger partial charge in [0.1, 0.15) is 12.3 Å². The van der Waals surface area contributed by atoms with Crippen LogP contribution in [0.5, 0.6) is 5.75 Å². The van der Waals surface area contributed by atoms with Crippen molar-refractivity contribution in [2.45, 2.75) is 26.1 Å². The molecule has 2 amide bonds. The first-order chi connectivity index (χ1) is 14.6. The van der Waals surface area contributed by atoms with Gasteiger partial charge in [0.2, 0.25) is 0 Å². The summed E-state index contributed by atoms with van der Waals surface area (Å²) in [5.41, 5.74) is -0.428. The largest absolute Gasteiger partial charge is 0.494 e. The second-order valence-electron chi connectivity index (χ2n) is 6.34. The zero-order valence-corrected chi connectivity index (χ0v) is 16.8. The summed E-state index contributed by atoms with van der Waals surface area (Å²) in [5, 5.41) is 4.72. The van der Waals surface area contributed by atoms with E-state index in [2.05, 4.69) is 10.6 Å². The van der Waals surface area contributed by atoms with Crippen LogP contribution in [0.3, 0.4) is 0 Å². The van der Waals surface area contributed by atoms with Crippen LogP contribution >= 0.6 is 0 Å². The van der Waals surface area contributed by atoms with E-state index >= 15 is 0 Å². The minimum Gasteiger partial charge on any atom is -0.494 e. The standard InChI is InChI=1S/C21H21F3N2O5/c1-3-30-17-10-4-14(5-11-17)20(29)25-12-18(27)31-13(2)19(28)26-16-8-6-15(7-9-16)21(22,23)24/h4-11,13H,3,12H2,1-2H3,(H,25,29)(H,26,28)/t13-/m1/s1. The Morgan fingerprint density at radius 2 is 1.61 bits per heavy atom. The highest BCUT2D eigenvalue weighted by Crippen LogP contribution is 2.29. The maximum atomic E-state index is 12.6. The highest BCUT2D eigenvalue weighted by atomic mass is 19.4. The zero-order chi connectivity index (χ0) is 23.0. The third-order valence-electron chi connectivity index (χ3n) is 3.98. The lowest BCUT2D eigenvalue weighted by molar-refractivity contribution is -0.152. The highest BCUT2D eigenvalue weighted by Gasteiger charge is 2.30. The van der Waals surface area contributed by atoms with Gasteiger partial charge in [-0.3, -0.25) is 14.4 Å². The molecule has 166 valence electrons. The lowest BCUT2D eigenvalue weighted by atomic mass is 10.2. The summed E-state index contributed by atoms with van der Waals surface area (Å²) in [4.78, 5) is 36.0. The number of alkyl halides is 3. The molecule has 2 rings (SSSR count). The van der Waals surface area contributed by atoms with Crippen molar-refractivity contribution in [2.24, 2.45) is 0 Å². The summed E-state index contributed by atoms with van der Waals surface area (Å²) in [6.45, 7) is 3.15. The van der Waals surface area contributed by atoms with Gasteiger partial charge in [-0.1, -0.05) is 0 Å². The molecule has 0 spiro atoms. The number of benzene rings is 2. The molecule has 0 saturated carbocycles. The van der Waals surface area contributed by atoms with Gasteiger partial charge in [0.15, 0.2) is 6.10 Å². The summed E-state index contributed by atoms with van der Waals surface area (Å²) in [7, 11) is 0. The van der Waals surface area contributed by atoms with E-state index in [-0.39, 0.29) is 5.69 Å². The van der Waals surface area contributed by atoms with Crippen molar-refractivity contribution in [1.82, 2.24) is 5.32 Å². The van der Waals surface area contributed by atoms with E-state index in [1.165, 1.54) is 19.1 Å². The average molecular weight is 438 g/mol. The lowest BCUT2D eigenvalue weighted by Crippen LogP contribution is -2.35. The summed E-state index contributed by atoms with van der Waals surface area (Å²) < 4.78 is 47.9. The molecule has 7 nitrogen and oxygen atoms in total. The minimum atomic E-state index is -4.49. The molecule has 2 aromatic rings. The second-order valence-corrected chi connectivity index (χ2v) is 6.34. The first-order valence-electron chi connectivity index (χ1n) is 9.28. The monoisotopic (exact) mass is 438 g/mol. The summed E-state index contributed by atoms with van der Waals surface area (Å²) in [6.07, 6.45) is -5.71. The number of carbonyl (C=O) groups is 3. The van der Waals surface area contributed by atoms with Crippen molar-refractivity contribution >= 4 is 23.5 Å². The number of halogens is 3. The molecule has 0 radical (unpaired) electrons. The van der Waals surface area contributed by atoms with Crippen LogP contribution in [-0.4, -0.2) is 37.0 Å². The second kappa shape index (κ2) is 10.5. The fourth-order valence-electron chi connectivity index (χ4n) is 2.40. The molecule has 0 aliphatic carbocycles. The van der Waals surface area contributed by atoms with Crippen LogP contribution in [0.1, 0.15) is 29.8 Å². The Labute approximate surface area is 176 Å². The molecule has 31 heavy (non-hydrogen) atoms. The van der Waals surface area contributed by atoms with Crippen LogP contribution in [0, 0.1) is 0 Å². The van der Waals surface area contributed by atoms with Gasteiger partial charge in [0.05, 0.1) is 12.2 Å². The van der Waals surface area contributed by atoms with Gasteiger partial charge in [-0.05, 0) is 62.4 Å². The van der Waals surface area contributed by atoms with Crippen molar-refractivity contribution < 1.29 is 37.0 Å². The van der Waals surface area contributed by atoms with Crippen molar-refractivity contribution in [3.63, 3.8) is 0 Å². The molecule has 0 fully saturated rings. The van der Waals surface area contributed by atoms with Gasteiger partial charge in [-0.25, -0.2) is 0 Å². The van der Waals surface area contributed by atoms with E-state index in [1.807, 2.05) is 6.92 Å². The lowest BCUT2D eigenvalue weighted by Gasteiger charge is -2.14. The van der Waals surface area contributed by atoms with Gasteiger partial charge < -0.3 is 20.1 Å². The van der Waals surface area contributed by atoms with Gasteiger partial charge in [0.25, 0.3) is 11.8 Å². The third kappa shape index (κ3) is 7.32. The normalized spacial score (nSPS) is 11.9. The van der Waals surface area contributed by atoms with E-state index < -0.39 is 42.2 Å². The van der Waals surface area contributed by atoms with E-state index in [1.54, 1.807) is 12.1 Å². The van der Waals surface area contributed by atoms with Crippen LogP contribution in [0.4, 0.5) is 18.9 Å². The third-order valence-corrected chi connectivity index (χ3v) is 3.98. The number of ether oxygens (including phenoxy) is 2. The number of hydrogen-bond acceptors (Lipinski definition) is 5. The van der Waals surface area contributed by atoms with Gasteiger partial charge in [-0.15, -0.1) is 0 Å². The van der Waals surface area contributed by atoms with Crippen molar-refractivity contribution in [1.29, 1.82) is 0 Å². The molecular weight excluding hydrogens is 417 g/mol. The predicted molar refractivity (Wildman–Crippen MR) is 106 cm³/mol. The molecular formula is C21H21F3N2O5. The van der Waals surface area contributed by atoms with Gasteiger partial charge in [0, 0.05) is 11.3 Å². The van der Waals surface area contributed by atoms with Crippen molar-refractivity contribution in [3.05, 3.63) is 59.7 Å². The first kappa shape index (κ1) is 23.7. The zero-order valence-electron chi connectivity index (χ0n) is 16.8. The molecule has 0 unspecified atom stereocenters. The highest BCUT2D eigenvalue weighted by molar-refractivity contribution is 5.97. The number of carbonyl (C=O) groups excluding carboxylic acids is 3. The molecule has 2 aromatic carbocycles. The van der Waals surface area contributed by atoms with Crippen LogP contribution in [0.2, 0.25) is 0 Å². The number of rotatable bonds is 8. The topological polar surface area (TPSA) is 93.7 Å². The van der Waals surface area contributed by atoms with Crippen molar-refractivity contribution in [2.75, 3.05) is 18.5 Å². The first-order valence-corrected chi connectivity index (χ1v) is 9.28. The van der Waals surface area contributed by atoms with Crippen LogP contribution < -0.4 is 15.4 Å². The van der Waals surface area contributed by atoms with E-state index in [0.717, 1.165) is 24.3 Å². The van der Waals surface area contributed by atoms with Crippen LogP contribution in [-0.2, 0) is 20.5 Å².